The second-order valence-corrected chi connectivity index (χ2v) is 5.19. The summed E-state index contributed by atoms with van der Waals surface area (Å²) in [6.45, 7) is 0. The number of hydrogen-bond donors (Lipinski definition) is 2. The summed E-state index contributed by atoms with van der Waals surface area (Å²) in [5, 5.41) is 12.1. The smallest absolute Gasteiger partial charge is 0.234 e. The van der Waals surface area contributed by atoms with Gasteiger partial charge in [0.15, 0.2) is 0 Å². The zero-order valence-electron chi connectivity index (χ0n) is 12.2. The molecule has 9 heteroatoms. The molecule has 24 heavy (non-hydrogen) atoms. The van der Waals surface area contributed by atoms with Crippen molar-refractivity contribution in [2.75, 3.05) is 0 Å². The molecule has 0 heterocycles. The summed E-state index contributed by atoms with van der Waals surface area (Å²) in [5.41, 5.74) is 9.14. The van der Waals surface area contributed by atoms with Gasteiger partial charge >= 0.3 is 0 Å². The zero-order valence-corrected chi connectivity index (χ0v) is 14.5. The van der Waals surface area contributed by atoms with E-state index in [2.05, 4.69) is 20.7 Å². The molecule has 0 saturated carbocycles. The van der Waals surface area contributed by atoms with E-state index < -0.39 is 5.82 Å². The Kier molecular flexibility index (Phi) is 8.18. The molecule has 126 valence electrons. The van der Waals surface area contributed by atoms with Gasteiger partial charge < -0.3 is 5.73 Å². The van der Waals surface area contributed by atoms with E-state index >= 15 is 0 Å². The van der Waals surface area contributed by atoms with Gasteiger partial charge in [0.05, 0.1) is 12.4 Å². The topological polar surface area (TPSA) is 75.1 Å². The van der Waals surface area contributed by atoms with Gasteiger partial charge in [0.2, 0.25) is 5.96 Å². The molecular weight excluding hydrogens is 376 g/mol. The molecule has 2 rings (SSSR count). The highest BCUT2D eigenvalue weighted by Gasteiger charge is 1.99. The normalized spacial score (nSPS) is 11.7. The van der Waals surface area contributed by atoms with Crippen molar-refractivity contribution in [3.63, 3.8) is 0 Å². The molecule has 0 aliphatic heterocycles. The number of benzene rings is 2. The van der Waals surface area contributed by atoms with Gasteiger partial charge in [-0.3, -0.25) is 0 Å². The summed E-state index contributed by atoms with van der Waals surface area (Å²) in [6, 6.07) is 11.3. The second kappa shape index (κ2) is 9.87. The van der Waals surface area contributed by atoms with Crippen LogP contribution in [-0.2, 0) is 0 Å². The number of rotatable bonds is 4. The third-order valence-electron chi connectivity index (χ3n) is 2.59. The molecule has 0 bridgehead atoms. The first-order valence-electron chi connectivity index (χ1n) is 6.41. The summed E-state index contributed by atoms with van der Waals surface area (Å²) in [4.78, 5) is 0. The van der Waals surface area contributed by atoms with Crippen molar-refractivity contribution >= 4 is 54.0 Å². The van der Waals surface area contributed by atoms with Crippen LogP contribution in [-0.4, -0.2) is 18.4 Å². The third kappa shape index (κ3) is 6.54. The van der Waals surface area contributed by atoms with E-state index in [1.807, 2.05) is 0 Å². The second-order valence-electron chi connectivity index (χ2n) is 4.32. The molecule has 0 aliphatic rings. The van der Waals surface area contributed by atoms with Crippen molar-refractivity contribution in [1.82, 2.24) is 5.43 Å². The Morgan fingerprint density at radius 3 is 2.38 bits per heavy atom. The fourth-order valence-corrected chi connectivity index (χ4v) is 1.79. The molecule has 0 radical (unpaired) electrons. The minimum atomic E-state index is -0.497. The summed E-state index contributed by atoms with van der Waals surface area (Å²) in [5.74, 6) is -0.537. The summed E-state index contributed by atoms with van der Waals surface area (Å²) in [7, 11) is 0. The molecule has 2 aromatic rings. The fourth-order valence-electron chi connectivity index (χ4n) is 1.50. The molecule has 0 fully saturated rings. The molecule has 3 N–H and O–H groups in total. The first-order chi connectivity index (χ1) is 11.0. The third-order valence-corrected chi connectivity index (χ3v) is 3.07. The van der Waals surface area contributed by atoms with Gasteiger partial charge in [-0.2, -0.15) is 10.2 Å². The standard InChI is InChI=1S/C15H12Cl2FN5.ClH/c16-12-4-1-10(2-5-12)8-20-22-15(19)23-21-9-11-3-6-13(17)7-14(11)18;/h1-9H,(H3,19,22,23);1H. The van der Waals surface area contributed by atoms with Crippen LogP contribution in [0.4, 0.5) is 4.39 Å². The highest BCUT2D eigenvalue weighted by molar-refractivity contribution is 6.30. The van der Waals surface area contributed by atoms with Gasteiger partial charge in [0, 0.05) is 15.6 Å². The van der Waals surface area contributed by atoms with Crippen molar-refractivity contribution in [3.8, 4) is 0 Å². The van der Waals surface area contributed by atoms with E-state index in [0.29, 0.717) is 10.0 Å². The molecule has 0 atom stereocenters. The number of halogens is 4. The maximum absolute atomic E-state index is 13.5. The maximum atomic E-state index is 13.5. The summed E-state index contributed by atoms with van der Waals surface area (Å²) >= 11 is 11.4. The Hall–Kier alpha value is -2.15. The number of nitrogens with two attached hydrogens (primary N) is 1. The quantitative estimate of drug-likeness (QED) is 0.474. The molecule has 2 aromatic carbocycles. The van der Waals surface area contributed by atoms with Crippen LogP contribution in [0, 0.1) is 5.82 Å². The van der Waals surface area contributed by atoms with E-state index in [-0.39, 0.29) is 23.9 Å². The van der Waals surface area contributed by atoms with Crippen molar-refractivity contribution in [2.24, 2.45) is 21.0 Å². The molecule has 0 spiro atoms. The van der Waals surface area contributed by atoms with Crippen LogP contribution in [0.5, 0.6) is 0 Å². The molecular formula is C15H13Cl3FN5. The number of nitrogens with one attached hydrogen (secondary N) is 1. The van der Waals surface area contributed by atoms with E-state index in [9.17, 15) is 4.39 Å². The zero-order chi connectivity index (χ0) is 16.7. The summed E-state index contributed by atoms with van der Waals surface area (Å²) < 4.78 is 13.5. The van der Waals surface area contributed by atoms with E-state index in [1.165, 1.54) is 18.3 Å². The number of hydrazone groups is 1. The highest BCUT2D eigenvalue weighted by atomic mass is 35.5. The lowest BCUT2D eigenvalue weighted by molar-refractivity contribution is 0.626. The molecule has 0 aromatic heterocycles. The first-order valence-corrected chi connectivity index (χ1v) is 7.16. The number of nitrogens with zero attached hydrogens (tertiary/aromatic N) is 3. The molecule has 0 unspecified atom stereocenters. The van der Waals surface area contributed by atoms with Gasteiger partial charge in [-0.05, 0) is 35.9 Å². The monoisotopic (exact) mass is 387 g/mol. The van der Waals surface area contributed by atoms with Crippen molar-refractivity contribution in [3.05, 3.63) is 69.5 Å². The average Bonchev–Trinajstić information content (AvgIpc) is 2.51. The van der Waals surface area contributed by atoms with Gasteiger partial charge in [-0.1, -0.05) is 35.3 Å². The Morgan fingerprint density at radius 1 is 1.04 bits per heavy atom. The Balaban J connectivity index is 0.00000288. The van der Waals surface area contributed by atoms with Crippen molar-refractivity contribution in [2.45, 2.75) is 0 Å². The fraction of sp³-hybridized carbons (Fsp3) is 0. The van der Waals surface area contributed by atoms with Gasteiger partial charge in [-0.25, -0.2) is 9.82 Å². The lowest BCUT2D eigenvalue weighted by Crippen LogP contribution is -2.26. The van der Waals surface area contributed by atoms with Crippen LogP contribution in [0.3, 0.4) is 0 Å². The van der Waals surface area contributed by atoms with Crippen LogP contribution >= 0.6 is 35.6 Å². The predicted molar refractivity (Wildman–Crippen MR) is 100 cm³/mol. The highest BCUT2D eigenvalue weighted by Crippen LogP contribution is 2.13. The van der Waals surface area contributed by atoms with Crippen LogP contribution in [0.1, 0.15) is 11.1 Å². The van der Waals surface area contributed by atoms with Crippen LogP contribution < -0.4 is 11.2 Å². The SMILES string of the molecule is Cl.NC(=NN=Cc1ccc(Cl)cc1F)NN=Cc1ccc(Cl)cc1. The lowest BCUT2D eigenvalue weighted by atomic mass is 10.2. The summed E-state index contributed by atoms with van der Waals surface area (Å²) in [6.07, 6.45) is 2.77. The Morgan fingerprint density at radius 2 is 1.71 bits per heavy atom. The van der Waals surface area contributed by atoms with Crippen LogP contribution in [0.15, 0.2) is 57.8 Å². The molecule has 0 saturated heterocycles. The first kappa shape index (κ1) is 19.9. The maximum Gasteiger partial charge on any atom is 0.234 e. The van der Waals surface area contributed by atoms with Crippen LogP contribution in [0.25, 0.3) is 0 Å². The van der Waals surface area contributed by atoms with Gasteiger partial charge in [0.25, 0.3) is 0 Å². The van der Waals surface area contributed by atoms with Gasteiger partial charge in [-0.15, -0.1) is 17.5 Å². The van der Waals surface area contributed by atoms with Crippen LogP contribution in [0.2, 0.25) is 10.0 Å². The lowest BCUT2D eigenvalue weighted by Gasteiger charge is -1.97. The molecule has 0 amide bonds. The largest absolute Gasteiger partial charge is 0.367 e. The van der Waals surface area contributed by atoms with Gasteiger partial charge in [0.1, 0.15) is 5.82 Å². The minimum absolute atomic E-state index is 0. The van der Waals surface area contributed by atoms with E-state index in [4.69, 9.17) is 28.9 Å². The van der Waals surface area contributed by atoms with Crippen molar-refractivity contribution < 1.29 is 4.39 Å². The van der Waals surface area contributed by atoms with Crippen molar-refractivity contribution in [1.29, 1.82) is 0 Å². The van der Waals surface area contributed by atoms with E-state index in [1.54, 1.807) is 36.5 Å². The average molecular weight is 389 g/mol. The Labute approximate surface area is 154 Å². The Bertz CT molecular complexity index is 760. The molecule has 0 aliphatic carbocycles. The number of hydrogen-bond acceptors (Lipinski definition) is 3. The minimum Gasteiger partial charge on any atom is -0.367 e. The van der Waals surface area contributed by atoms with E-state index in [0.717, 1.165) is 5.56 Å². The number of guanidine groups is 1. The predicted octanol–water partition coefficient (Wildman–Crippen LogP) is 3.83. The molecule has 5 nitrogen and oxygen atoms in total.